The van der Waals surface area contributed by atoms with Crippen molar-refractivity contribution in [2.75, 3.05) is 14.2 Å². The van der Waals surface area contributed by atoms with E-state index < -0.39 is 0 Å². The number of hydrogen-bond donors (Lipinski definition) is 1. The molecule has 2 aromatic rings. The minimum atomic E-state index is -0.276. The summed E-state index contributed by atoms with van der Waals surface area (Å²) in [6.07, 6.45) is 1.75. The number of aromatic nitrogens is 1. The summed E-state index contributed by atoms with van der Waals surface area (Å²) in [5.74, 6) is 0.386. The fourth-order valence-corrected chi connectivity index (χ4v) is 2.18. The molecule has 1 N–H and O–H groups in total. The molecule has 0 amide bonds. The molecule has 0 aliphatic carbocycles. The van der Waals surface area contributed by atoms with E-state index in [1.807, 2.05) is 26.1 Å². The predicted octanol–water partition coefficient (Wildman–Crippen LogP) is 2.85. The average molecular weight is 260 g/mol. The maximum atomic E-state index is 13.5. The molecule has 0 fully saturated rings. The molecular formula is C15H17FN2O. The van der Waals surface area contributed by atoms with Gasteiger partial charge in [-0.2, -0.15) is 0 Å². The van der Waals surface area contributed by atoms with Crippen LogP contribution in [-0.4, -0.2) is 19.1 Å². The maximum Gasteiger partial charge on any atom is 0.124 e. The Hall–Kier alpha value is -1.94. The number of benzene rings is 1. The van der Waals surface area contributed by atoms with Crippen molar-refractivity contribution in [3.8, 4) is 5.75 Å². The molecule has 1 aromatic heterocycles. The zero-order valence-corrected chi connectivity index (χ0v) is 11.3. The summed E-state index contributed by atoms with van der Waals surface area (Å²) in [5.41, 5.74) is 2.72. The summed E-state index contributed by atoms with van der Waals surface area (Å²) in [6, 6.07) is 8.29. The topological polar surface area (TPSA) is 34.2 Å². The molecule has 0 aliphatic rings. The number of rotatable bonds is 4. The number of hydrogen-bond acceptors (Lipinski definition) is 3. The third-order valence-electron chi connectivity index (χ3n) is 3.05. The van der Waals surface area contributed by atoms with Crippen molar-refractivity contribution < 1.29 is 9.13 Å². The molecule has 2 rings (SSSR count). The first kappa shape index (κ1) is 13.5. The van der Waals surface area contributed by atoms with E-state index in [9.17, 15) is 4.39 Å². The first-order chi connectivity index (χ1) is 9.15. The zero-order chi connectivity index (χ0) is 13.8. The Balaban J connectivity index is 2.50. The van der Waals surface area contributed by atoms with E-state index in [0.717, 1.165) is 16.8 Å². The summed E-state index contributed by atoms with van der Waals surface area (Å²) in [4.78, 5) is 4.18. The molecule has 1 aromatic carbocycles. The lowest BCUT2D eigenvalue weighted by atomic mass is 9.98. The fourth-order valence-electron chi connectivity index (χ4n) is 2.18. The van der Waals surface area contributed by atoms with Crippen LogP contribution in [-0.2, 0) is 0 Å². The van der Waals surface area contributed by atoms with Crippen molar-refractivity contribution in [2.24, 2.45) is 0 Å². The summed E-state index contributed by atoms with van der Waals surface area (Å²) >= 11 is 0. The highest BCUT2D eigenvalue weighted by atomic mass is 19.1. The van der Waals surface area contributed by atoms with Gasteiger partial charge in [-0.1, -0.05) is 0 Å². The predicted molar refractivity (Wildman–Crippen MR) is 72.8 cm³/mol. The van der Waals surface area contributed by atoms with Gasteiger partial charge in [0.1, 0.15) is 11.6 Å². The van der Waals surface area contributed by atoms with E-state index in [4.69, 9.17) is 4.74 Å². The van der Waals surface area contributed by atoms with Crippen LogP contribution in [0.2, 0.25) is 0 Å². The minimum Gasteiger partial charge on any atom is -0.496 e. The number of aryl methyl sites for hydroxylation is 1. The minimum absolute atomic E-state index is 0.132. The Bertz CT molecular complexity index is 572. The zero-order valence-electron chi connectivity index (χ0n) is 11.3. The van der Waals surface area contributed by atoms with E-state index in [0.29, 0.717) is 5.75 Å². The number of nitrogens with zero attached hydrogens (tertiary/aromatic N) is 1. The van der Waals surface area contributed by atoms with Crippen molar-refractivity contribution in [1.82, 2.24) is 10.3 Å². The van der Waals surface area contributed by atoms with Crippen LogP contribution in [0.3, 0.4) is 0 Å². The highest BCUT2D eigenvalue weighted by Crippen LogP contribution is 2.30. The lowest BCUT2D eigenvalue weighted by Crippen LogP contribution is -2.19. The fraction of sp³-hybridized carbons (Fsp3) is 0.267. The van der Waals surface area contributed by atoms with E-state index >= 15 is 0 Å². The molecule has 4 heteroatoms. The lowest BCUT2D eigenvalue weighted by Gasteiger charge is -2.20. The molecule has 0 bridgehead atoms. The van der Waals surface area contributed by atoms with Gasteiger partial charge in [-0.05, 0) is 49.9 Å². The molecule has 3 nitrogen and oxygen atoms in total. The second-order valence-electron chi connectivity index (χ2n) is 4.34. The van der Waals surface area contributed by atoms with Gasteiger partial charge in [0.25, 0.3) is 0 Å². The van der Waals surface area contributed by atoms with Crippen LogP contribution in [0.5, 0.6) is 5.75 Å². The highest BCUT2D eigenvalue weighted by molar-refractivity contribution is 5.42. The quantitative estimate of drug-likeness (QED) is 0.918. The molecule has 1 atom stereocenters. The van der Waals surface area contributed by atoms with Crippen LogP contribution in [0.4, 0.5) is 4.39 Å². The Morgan fingerprint density at radius 1 is 1.26 bits per heavy atom. The van der Waals surface area contributed by atoms with Gasteiger partial charge in [-0.3, -0.25) is 4.98 Å². The van der Waals surface area contributed by atoms with Gasteiger partial charge in [0.15, 0.2) is 0 Å². The summed E-state index contributed by atoms with van der Waals surface area (Å²) < 4.78 is 18.8. The number of halogens is 1. The molecule has 0 saturated heterocycles. The van der Waals surface area contributed by atoms with E-state index in [1.165, 1.54) is 12.1 Å². The molecule has 1 heterocycles. The van der Waals surface area contributed by atoms with Crippen LogP contribution in [0, 0.1) is 12.7 Å². The Kier molecular flexibility index (Phi) is 4.12. The van der Waals surface area contributed by atoms with Gasteiger partial charge in [0.2, 0.25) is 0 Å². The van der Waals surface area contributed by atoms with E-state index in [1.54, 1.807) is 19.4 Å². The van der Waals surface area contributed by atoms with E-state index in [2.05, 4.69) is 10.3 Å². The Labute approximate surface area is 112 Å². The summed E-state index contributed by atoms with van der Waals surface area (Å²) in [5, 5.41) is 3.19. The number of methoxy groups -OCH3 is 1. The number of ether oxygens (including phenoxy) is 1. The number of nitrogens with one attached hydrogen (secondary N) is 1. The van der Waals surface area contributed by atoms with Crippen LogP contribution in [0.25, 0.3) is 0 Å². The lowest BCUT2D eigenvalue weighted by molar-refractivity contribution is 0.404. The normalized spacial score (nSPS) is 12.2. The third-order valence-corrected chi connectivity index (χ3v) is 3.05. The molecule has 19 heavy (non-hydrogen) atoms. The summed E-state index contributed by atoms with van der Waals surface area (Å²) in [6.45, 7) is 1.93. The Morgan fingerprint density at radius 3 is 2.68 bits per heavy atom. The van der Waals surface area contributed by atoms with E-state index in [-0.39, 0.29) is 11.9 Å². The molecule has 1 unspecified atom stereocenters. The van der Waals surface area contributed by atoms with Crippen LogP contribution in [0.1, 0.15) is 22.9 Å². The standard InChI is InChI=1S/C15H17FN2O/c1-10-8-11(6-7-18-10)15(17-2)13-9-12(16)4-5-14(13)19-3/h4-9,15,17H,1-3H3. The SMILES string of the molecule is CNC(c1ccnc(C)c1)c1cc(F)ccc1OC. The summed E-state index contributed by atoms with van der Waals surface area (Å²) in [7, 11) is 3.42. The molecule has 0 aliphatic heterocycles. The molecule has 100 valence electrons. The second kappa shape index (κ2) is 5.80. The highest BCUT2D eigenvalue weighted by Gasteiger charge is 2.17. The molecular weight excluding hydrogens is 243 g/mol. The van der Waals surface area contributed by atoms with Gasteiger partial charge in [-0.25, -0.2) is 4.39 Å². The van der Waals surface area contributed by atoms with Crippen LogP contribution in [0.15, 0.2) is 36.5 Å². The van der Waals surface area contributed by atoms with Crippen molar-refractivity contribution in [1.29, 1.82) is 0 Å². The van der Waals surface area contributed by atoms with Gasteiger partial charge in [0.05, 0.1) is 13.2 Å². The van der Waals surface area contributed by atoms with Crippen molar-refractivity contribution in [3.63, 3.8) is 0 Å². The molecule has 0 spiro atoms. The van der Waals surface area contributed by atoms with Crippen LogP contribution >= 0.6 is 0 Å². The third kappa shape index (κ3) is 2.90. The number of pyridine rings is 1. The smallest absolute Gasteiger partial charge is 0.124 e. The average Bonchev–Trinajstić information content (AvgIpc) is 2.40. The van der Waals surface area contributed by atoms with Gasteiger partial charge >= 0.3 is 0 Å². The first-order valence-corrected chi connectivity index (χ1v) is 6.09. The monoisotopic (exact) mass is 260 g/mol. The van der Waals surface area contributed by atoms with Gasteiger partial charge in [0, 0.05) is 17.5 Å². The second-order valence-corrected chi connectivity index (χ2v) is 4.34. The largest absolute Gasteiger partial charge is 0.496 e. The van der Waals surface area contributed by atoms with Gasteiger partial charge in [-0.15, -0.1) is 0 Å². The van der Waals surface area contributed by atoms with Crippen molar-refractivity contribution in [2.45, 2.75) is 13.0 Å². The van der Waals surface area contributed by atoms with Crippen molar-refractivity contribution in [3.05, 3.63) is 59.2 Å². The molecule has 0 saturated carbocycles. The van der Waals surface area contributed by atoms with Crippen molar-refractivity contribution >= 4 is 0 Å². The first-order valence-electron chi connectivity index (χ1n) is 6.09. The van der Waals surface area contributed by atoms with Crippen LogP contribution < -0.4 is 10.1 Å². The molecule has 0 radical (unpaired) electrons. The van der Waals surface area contributed by atoms with Gasteiger partial charge < -0.3 is 10.1 Å². The Morgan fingerprint density at radius 2 is 2.05 bits per heavy atom. The maximum absolute atomic E-state index is 13.5.